The quantitative estimate of drug-likeness (QED) is 0.832. The molecule has 0 aliphatic carbocycles. The highest BCUT2D eigenvalue weighted by atomic mass is 16.5. The number of benzene rings is 1. The van der Waals surface area contributed by atoms with E-state index >= 15 is 0 Å². The monoisotopic (exact) mass is 267 g/mol. The fourth-order valence-electron chi connectivity index (χ4n) is 2.00. The molecule has 0 spiro atoms. The molecule has 0 unspecified atom stereocenters. The minimum Gasteiger partial charge on any atom is -0.436 e. The summed E-state index contributed by atoms with van der Waals surface area (Å²) >= 11 is 0. The van der Waals surface area contributed by atoms with Gasteiger partial charge in [-0.15, -0.1) is 5.10 Å². The summed E-state index contributed by atoms with van der Waals surface area (Å²) < 4.78 is 5.83. The predicted molar refractivity (Wildman–Crippen MR) is 76.9 cm³/mol. The largest absolute Gasteiger partial charge is 0.436 e. The average molecular weight is 267 g/mol. The Morgan fingerprint density at radius 3 is 2.35 bits per heavy atom. The average Bonchev–Trinajstić information content (AvgIpc) is 2.40. The number of hydrogen-bond acceptors (Lipinski definition) is 4. The zero-order valence-corrected chi connectivity index (χ0v) is 12.4. The lowest BCUT2D eigenvalue weighted by Gasteiger charge is -2.13. The lowest BCUT2D eigenvalue weighted by atomic mass is 10.1. The van der Waals surface area contributed by atoms with Crippen molar-refractivity contribution in [2.75, 3.05) is 0 Å². The molecule has 4 nitrogen and oxygen atoms in total. The molecule has 0 aliphatic heterocycles. The zero-order chi connectivity index (χ0) is 14.9. The van der Waals surface area contributed by atoms with Gasteiger partial charge in [0.2, 0.25) is 0 Å². The molecule has 0 saturated carbocycles. The van der Waals surface area contributed by atoms with Gasteiger partial charge in [-0.25, -0.2) is 0 Å². The van der Waals surface area contributed by atoms with Crippen LogP contribution in [0.15, 0.2) is 12.1 Å². The van der Waals surface area contributed by atoms with E-state index in [1.807, 2.05) is 40.7 Å². The second kappa shape index (κ2) is 5.30. The van der Waals surface area contributed by atoms with E-state index in [-0.39, 0.29) is 5.88 Å². The molecule has 0 saturated heterocycles. The summed E-state index contributed by atoms with van der Waals surface area (Å²) in [6.45, 7) is 9.71. The maximum absolute atomic E-state index is 9.28. The van der Waals surface area contributed by atoms with E-state index in [9.17, 15) is 5.26 Å². The van der Waals surface area contributed by atoms with Gasteiger partial charge < -0.3 is 4.74 Å². The Morgan fingerprint density at radius 1 is 1.00 bits per heavy atom. The van der Waals surface area contributed by atoms with Crippen molar-refractivity contribution in [2.45, 2.75) is 34.6 Å². The number of aryl methyl sites for hydroxylation is 3. The Morgan fingerprint density at radius 2 is 1.70 bits per heavy atom. The molecular formula is C16H17N3O. The van der Waals surface area contributed by atoms with Gasteiger partial charge in [0.05, 0.1) is 5.69 Å². The summed E-state index contributed by atoms with van der Waals surface area (Å²) in [6, 6.07) is 6.19. The predicted octanol–water partition coefficient (Wildman–Crippen LogP) is 3.68. The fraction of sp³-hybridized carbons (Fsp3) is 0.312. The maximum atomic E-state index is 9.28. The highest BCUT2D eigenvalue weighted by molar-refractivity contribution is 5.49. The Hall–Kier alpha value is -2.41. The van der Waals surface area contributed by atoms with Gasteiger partial charge in [0.15, 0.2) is 0 Å². The van der Waals surface area contributed by atoms with E-state index in [2.05, 4.69) is 22.3 Å². The molecule has 1 aromatic carbocycles. The topological polar surface area (TPSA) is 58.8 Å². The Bertz CT molecular complexity index is 715. The SMILES string of the molecule is Cc1cc(C)c(C)c(Oc2nnc(C)c(C)c2C#N)c1. The van der Waals surface area contributed by atoms with Crippen LogP contribution in [0.2, 0.25) is 0 Å². The van der Waals surface area contributed by atoms with Crippen LogP contribution in [0.5, 0.6) is 11.6 Å². The second-order valence-electron chi connectivity index (χ2n) is 5.01. The van der Waals surface area contributed by atoms with Crippen LogP contribution in [0.1, 0.15) is 33.5 Å². The summed E-state index contributed by atoms with van der Waals surface area (Å²) in [4.78, 5) is 0. The van der Waals surface area contributed by atoms with E-state index in [0.717, 1.165) is 33.7 Å². The molecule has 102 valence electrons. The highest BCUT2D eigenvalue weighted by Gasteiger charge is 2.14. The normalized spacial score (nSPS) is 10.2. The third-order valence-electron chi connectivity index (χ3n) is 3.50. The number of nitrogens with zero attached hydrogens (tertiary/aromatic N) is 3. The first-order valence-corrected chi connectivity index (χ1v) is 6.43. The summed E-state index contributed by atoms with van der Waals surface area (Å²) in [6.07, 6.45) is 0. The number of rotatable bonds is 2. The van der Waals surface area contributed by atoms with Gasteiger partial charge in [-0.05, 0) is 62.9 Å². The summed E-state index contributed by atoms with van der Waals surface area (Å²) in [5.74, 6) is 0.986. The number of nitriles is 1. The first kappa shape index (κ1) is 14.0. The molecule has 2 aromatic rings. The second-order valence-corrected chi connectivity index (χ2v) is 5.01. The first-order valence-electron chi connectivity index (χ1n) is 6.43. The van der Waals surface area contributed by atoms with Crippen molar-refractivity contribution >= 4 is 0 Å². The van der Waals surface area contributed by atoms with Crippen LogP contribution in [-0.2, 0) is 0 Å². The van der Waals surface area contributed by atoms with Crippen LogP contribution >= 0.6 is 0 Å². The van der Waals surface area contributed by atoms with E-state index < -0.39 is 0 Å². The molecule has 1 aromatic heterocycles. The fourth-order valence-corrected chi connectivity index (χ4v) is 2.00. The van der Waals surface area contributed by atoms with Crippen LogP contribution in [-0.4, -0.2) is 10.2 Å². The maximum Gasteiger partial charge on any atom is 0.257 e. The molecule has 0 N–H and O–H groups in total. The molecule has 20 heavy (non-hydrogen) atoms. The van der Waals surface area contributed by atoms with Crippen molar-refractivity contribution in [3.8, 4) is 17.7 Å². The molecule has 0 aliphatic rings. The summed E-state index contributed by atoms with van der Waals surface area (Å²) in [5, 5.41) is 17.3. The van der Waals surface area contributed by atoms with Crippen LogP contribution in [0.3, 0.4) is 0 Å². The third kappa shape index (κ3) is 2.48. The van der Waals surface area contributed by atoms with Gasteiger partial charge in [-0.2, -0.15) is 10.4 Å². The minimum absolute atomic E-state index is 0.267. The smallest absolute Gasteiger partial charge is 0.257 e. The lowest BCUT2D eigenvalue weighted by molar-refractivity contribution is 0.448. The standard InChI is InChI=1S/C16H17N3O/c1-9-6-10(2)11(3)15(7-9)20-16-14(8-17)12(4)13(5)18-19-16/h6-7H,1-5H3. The van der Waals surface area contributed by atoms with Crippen molar-refractivity contribution in [3.05, 3.63) is 45.6 Å². The van der Waals surface area contributed by atoms with Crippen LogP contribution in [0.4, 0.5) is 0 Å². The van der Waals surface area contributed by atoms with Crippen LogP contribution in [0, 0.1) is 45.9 Å². The van der Waals surface area contributed by atoms with Gasteiger partial charge >= 0.3 is 0 Å². The minimum atomic E-state index is 0.267. The van der Waals surface area contributed by atoms with Crippen molar-refractivity contribution in [3.63, 3.8) is 0 Å². The Labute approximate surface area is 119 Å². The van der Waals surface area contributed by atoms with Gasteiger partial charge in [0.25, 0.3) is 5.88 Å². The van der Waals surface area contributed by atoms with Gasteiger partial charge in [-0.1, -0.05) is 6.07 Å². The molecule has 0 amide bonds. The Kier molecular flexibility index (Phi) is 3.71. The van der Waals surface area contributed by atoms with E-state index in [4.69, 9.17) is 4.74 Å². The highest BCUT2D eigenvalue weighted by Crippen LogP contribution is 2.30. The molecule has 1 heterocycles. The van der Waals surface area contributed by atoms with E-state index in [1.165, 1.54) is 0 Å². The Balaban J connectivity index is 2.51. The zero-order valence-electron chi connectivity index (χ0n) is 12.4. The van der Waals surface area contributed by atoms with Crippen molar-refractivity contribution in [1.29, 1.82) is 5.26 Å². The molecule has 4 heteroatoms. The van der Waals surface area contributed by atoms with Crippen LogP contribution < -0.4 is 4.74 Å². The molecule has 0 radical (unpaired) electrons. The molecular weight excluding hydrogens is 250 g/mol. The lowest BCUT2D eigenvalue weighted by Crippen LogP contribution is -2.01. The number of ether oxygens (including phenoxy) is 1. The summed E-state index contributed by atoms with van der Waals surface area (Å²) in [5.41, 5.74) is 5.29. The third-order valence-corrected chi connectivity index (χ3v) is 3.50. The molecule has 2 rings (SSSR count). The van der Waals surface area contributed by atoms with Crippen molar-refractivity contribution in [2.24, 2.45) is 0 Å². The van der Waals surface area contributed by atoms with Gasteiger partial charge in [-0.3, -0.25) is 0 Å². The van der Waals surface area contributed by atoms with Gasteiger partial charge in [0.1, 0.15) is 17.4 Å². The van der Waals surface area contributed by atoms with Crippen molar-refractivity contribution < 1.29 is 4.74 Å². The summed E-state index contributed by atoms with van der Waals surface area (Å²) in [7, 11) is 0. The first-order chi connectivity index (χ1) is 9.43. The van der Waals surface area contributed by atoms with Gasteiger partial charge in [0, 0.05) is 0 Å². The van der Waals surface area contributed by atoms with Crippen molar-refractivity contribution in [1.82, 2.24) is 10.2 Å². The molecule has 0 fully saturated rings. The molecule has 0 atom stereocenters. The van der Waals surface area contributed by atoms with E-state index in [1.54, 1.807) is 0 Å². The number of aromatic nitrogens is 2. The number of hydrogen-bond donors (Lipinski definition) is 0. The van der Waals surface area contributed by atoms with Crippen LogP contribution in [0.25, 0.3) is 0 Å². The molecule has 0 bridgehead atoms. The van der Waals surface area contributed by atoms with E-state index in [0.29, 0.717) is 5.56 Å².